The molecular formula is C12H14BrFN4. The molecule has 0 saturated heterocycles. The molecule has 0 bridgehead atoms. The zero-order valence-corrected chi connectivity index (χ0v) is 11.6. The van der Waals surface area contributed by atoms with Gasteiger partial charge in [0.05, 0.1) is 11.0 Å². The van der Waals surface area contributed by atoms with E-state index in [0.717, 1.165) is 13.0 Å². The number of rotatable bonds is 4. The van der Waals surface area contributed by atoms with Gasteiger partial charge in [0.15, 0.2) is 5.82 Å². The van der Waals surface area contributed by atoms with Gasteiger partial charge in [0, 0.05) is 12.1 Å². The molecule has 0 aliphatic heterocycles. The molecule has 1 aromatic carbocycles. The van der Waals surface area contributed by atoms with Gasteiger partial charge in [-0.2, -0.15) is 0 Å². The average molecular weight is 313 g/mol. The van der Waals surface area contributed by atoms with Crippen LogP contribution in [0.1, 0.15) is 19.2 Å². The molecule has 6 heteroatoms. The first-order valence-corrected chi connectivity index (χ1v) is 6.54. The zero-order valence-electron chi connectivity index (χ0n) is 10.0. The van der Waals surface area contributed by atoms with E-state index >= 15 is 0 Å². The fourth-order valence-corrected chi connectivity index (χ4v) is 2.26. The van der Waals surface area contributed by atoms with E-state index in [9.17, 15) is 4.39 Å². The van der Waals surface area contributed by atoms with Crippen molar-refractivity contribution < 1.29 is 4.39 Å². The molecule has 1 heterocycles. The molecule has 0 saturated carbocycles. The number of nitrogens with zero attached hydrogens (tertiary/aromatic N) is 3. The van der Waals surface area contributed by atoms with Crippen molar-refractivity contribution in [2.24, 2.45) is 5.73 Å². The number of halogens is 2. The molecule has 0 spiro atoms. The molecule has 4 nitrogen and oxygen atoms in total. The predicted molar refractivity (Wildman–Crippen MR) is 71.3 cm³/mol. The van der Waals surface area contributed by atoms with Crippen LogP contribution in [0.4, 0.5) is 4.39 Å². The monoisotopic (exact) mass is 312 g/mol. The summed E-state index contributed by atoms with van der Waals surface area (Å²) in [5.74, 6) is 1.04. The number of nitrogens with two attached hydrogens (primary N) is 1. The molecule has 0 aliphatic carbocycles. The lowest BCUT2D eigenvalue weighted by molar-refractivity contribution is 0.619. The summed E-state index contributed by atoms with van der Waals surface area (Å²) >= 11 is 3.25. The van der Waals surface area contributed by atoms with Crippen molar-refractivity contribution >= 4 is 15.9 Å². The zero-order chi connectivity index (χ0) is 13.1. The van der Waals surface area contributed by atoms with Gasteiger partial charge in [-0.05, 0) is 34.5 Å². The van der Waals surface area contributed by atoms with Gasteiger partial charge >= 0.3 is 0 Å². The Morgan fingerprint density at radius 1 is 1.39 bits per heavy atom. The Morgan fingerprint density at radius 3 is 2.83 bits per heavy atom. The highest BCUT2D eigenvalue weighted by atomic mass is 79.9. The van der Waals surface area contributed by atoms with Crippen LogP contribution in [0.25, 0.3) is 11.4 Å². The first-order chi connectivity index (χ1) is 8.69. The van der Waals surface area contributed by atoms with E-state index in [1.54, 1.807) is 6.07 Å². The van der Waals surface area contributed by atoms with Gasteiger partial charge in [0.25, 0.3) is 0 Å². The maximum atomic E-state index is 13.5. The van der Waals surface area contributed by atoms with Gasteiger partial charge in [0.1, 0.15) is 11.6 Å². The van der Waals surface area contributed by atoms with Gasteiger partial charge in [-0.3, -0.25) is 0 Å². The molecule has 0 unspecified atom stereocenters. The van der Waals surface area contributed by atoms with Crippen LogP contribution in [0.15, 0.2) is 22.7 Å². The molecule has 0 fully saturated rings. The smallest absolute Gasteiger partial charge is 0.165 e. The van der Waals surface area contributed by atoms with Crippen molar-refractivity contribution in [3.8, 4) is 11.4 Å². The largest absolute Gasteiger partial charge is 0.324 e. The maximum absolute atomic E-state index is 13.5. The number of benzene rings is 1. The fraction of sp³-hybridized carbons (Fsp3) is 0.333. The highest BCUT2D eigenvalue weighted by Gasteiger charge is 2.16. The predicted octanol–water partition coefficient (Wildman–Crippen LogP) is 2.72. The summed E-state index contributed by atoms with van der Waals surface area (Å²) in [7, 11) is 0. The van der Waals surface area contributed by atoms with Crippen LogP contribution in [0.3, 0.4) is 0 Å². The minimum Gasteiger partial charge on any atom is -0.324 e. The fourth-order valence-electron chi connectivity index (χ4n) is 1.82. The normalized spacial score (nSPS) is 10.9. The molecular weight excluding hydrogens is 299 g/mol. The second-order valence-electron chi connectivity index (χ2n) is 3.90. The third-order valence-corrected chi connectivity index (χ3v) is 3.46. The van der Waals surface area contributed by atoms with E-state index in [0.29, 0.717) is 28.2 Å². The van der Waals surface area contributed by atoms with E-state index in [1.807, 2.05) is 10.6 Å². The summed E-state index contributed by atoms with van der Waals surface area (Å²) in [4.78, 5) is 0. The number of hydrogen-bond donors (Lipinski definition) is 1. The first-order valence-electron chi connectivity index (χ1n) is 5.75. The molecule has 96 valence electrons. The Labute approximate surface area is 113 Å². The average Bonchev–Trinajstić information content (AvgIpc) is 2.76. The standard InChI is InChI=1S/C12H14BrFN4/c1-2-6-18-10(7-15)16-17-12(18)8-4-3-5-9(14)11(8)13/h3-5H,2,6-7,15H2,1H3. The second kappa shape index (κ2) is 5.58. The van der Waals surface area contributed by atoms with Gasteiger partial charge < -0.3 is 10.3 Å². The minimum atomic E-state index is -0.312. The van der Waals surface area contributed by atoms with Crippen LogP contribution in [0, 0.1) is 5.82 Å². The molecule has 2 N–H and O–H groups in total. The van der Waals surface area contributed by atoms with Gasteiger partial charge in [-0.15, -0.1) is 10.2 Å². The van der Waals surface area contributed by atoms with Crippen molar-refractivity contribution in [3.05, 3.63) is 34.3 Å². The highest BCUT2D eigenvalue weighted by molar-refractivity contribution is 9.10. The summed E-state index contributed by atoms with van der Waals surface area (Å²) in [5, 5.41) is 8.16. The van der Waals surface area contributed by atoms with Crippen LogP contribution in [0.5, 0.6) is 0 Å². The van der Waals surface area contributed by atoms with E-state index in [-0.39, 0.29) is 5.82 Å². The van der Waals surface area contributed by atoms with E-state index in [2.05, 4.69) is 33.1 Å². The molecule has 0 amide bonds. The lowest BCUT2D eigenvalue weighted by Gasteiger charge is -2.09. The number of hydrogen-bond acceptors (Lipinski definition) is 3. The summed E-state index contributed by atoms with van der Waals surface area (Å²) in [6, 6.07) is 4.87. The van der Waals surface area contributed by atoms with Crippen LogP contribution in [0.2, 0.25) is 0 Å². The van der Waals surface area contributed by atoms with Gasteiger partial charge in [-0.25, -0.2) is 4.39 Å². The highest BCUT2D eigenvalue weighted by Crippen LogP contribution is 2.29. The quantitative estimate of drug-likeness (QED) is 0.944. The van der Waals surface area contributed by atoms with E-state index in [4.69, 9.17) is 5.73 Å². The van der Waals surface area contributed by atoms with Gasteiger partial charge in [-0.1, -0.05) is 13.0 Å². The summed E-state index contributed by atoms with van der Waals surface area (Å²) in [6.45, 7) is 3.14. The molecule has 2 rings (SSSR count). The Balaban J connectivity index is 2.56. The van der Waals surface area contributed by atoms with Crippen molar-refractivity contribution in [3.63, 3.8) is 0 Å². The lowest BCUT2D eigenvalue weighted by Crippen LogP contribution is -2.09. The summed E-state index contributed by atoms with van der Waals surface area (Å²) in [5.41, 5.74) is 6.32. The lowest BCUT2D eigenvalue weighted by atomic mass is 10.2. The van der Waals surface area contributed by atoms with Crippen LogP contribution in [-0.4, -0.2) is 14.8 Å². The molecule has 0 atom stereocenters. The molecule has 2 aromatic rings. The first kappa shape index (κ1) is 13.2. The molecule has 0 aliphatic rings. The van der Waals surface area contributed by atoms with Gasteiger partial charge in [0.2, 0.25) is 0 Å². The second-order valence-corrected chi connectivity index (χ2v) is 4.69. The van der Waals surface area contributed by atoms with Crippen molar-refractivity contribution in [1.82, 2.24) is 14.8 Å². The van der Waals surface area contributed by atoms with E-state index in [1.165, 1.54) is 6.07 Å². The maximum Gasteiger partial charge on any atom is 0.165 e. The SMILES string of the molecule is CCCn1c(CN)nnc1-c1cccc(F)c1Br. The topological polar surface area (TPSA) is 56.7 Å². The molecule has 0 radical (unpaired) electrons. The van der Waals surface area contributed by atoms with E-state index < -0.39 is 0 Å². The van der Waals surface area contributed by atoms with Crippen LogP contribution >= 0.6 is 15.9 Å². The Kier molecular flexibility index (Phi) is 4.08. The van der Waals surface area contributed by atoms with Crippen LogP contribution < -0.4 is 5.73 Å². The Hall–Kier alpha value is -1.27. The number of aromatic nitrogens is 3. The Morgan fingerprint density at radius 2 is 2.17 bits per heavy atom. The molecule has 1 aromatic heterocycles. The Bertz CT molecular complexity index is 553. The minimum absolute atomic E-state index is 0.312. The molecule has 18 heavy (non-hydrogen) atoms. The van der Waals surface area contributed by atoms with Crippen LogP contribution in [-0.2, 0) is 13.1 Å². The summed E-state index contributed by atoms with van der Waals surface area (Å²) in [6.07, 6.45) is 0.935. The van der Waals surface area contributed by atoms with Crippen molar-refractivity contribution in [2.45, 2.75) is 26.4 Å². The third kappa shape index (κ3) is 2.30. The summed E-state index contributed by atoms with van der Waals surface area (Å²) < 4.78 is 15.9. The third-order valence-electron chi connectivity index (χ3n) is 2.65. The van der Waals surface area contributed by atoms with Crippen molar-refractivity contribution in [1.29, 1.82) is 0 Å². The van der Waals surface area contributed by atoms with Crippen molar-refractivity contribution in [2.75, 3.05) is 0 Å².